The van der Waals surface area contributed by atoms with Gasteiger partial charge in [0, 0.05) is 17.0 Å². The van der Waals surface area contributed by atoms with E-state index in [2.05, 4.69) is 0 Å². The van der Waals surface area contributed by atoms with Gasteiger partial charge in [0.2, 0.25) is 0 Å². The van der Waals surface area contributed by atoms with E-state index < -0.39 is 41.8 Å². The Morgan fingerprint density at radius 1 is 0.868 bits per heavy atom. The molecule has 200 valence electrons. The molecule has 1 atom stereocenters. The molecule has 38 heavy (non-hydrogen) atoms. The van der Waals surface area contributed by atoms with Crippen LogP contribution in [0.25, 0.3) is 0 Å². The lowest BCUT2D eigenvalue weighted by Crippen LogP contribution is -2.25. The second-order valence-electron chi connectivity index (χ2n) is 9.10. The highest BCUT2D eigenvalue weighted by atomic mass is 19.4. The van der Waals surface area contributed by atoms with Crippen LogP contribution in [0.1, 0.15) is 55.0 Å². The van der Waals surface area contributed by atoms with Crippen molar-refractivity contribution in [2.24, 2.45) is 5.92 Å². The lowest BCUT2D eigenvalue weighted by Gasteiger charge is -2.24. The van der Waals surface area contributed by atoms with Gasteiger partial charge in [0.25, 0.3) is 0 Å². The Morgan fingerprint density at radius 3 is 2.08 bits per heavy atom. The highest BCUT2D eigenvalue weighted by molar-refractivity contribution is 6.00. The van der Waals surface area contributed by atoms with Crippen molar-refractivity contribution < 1.29 is 45.8 Å². The van der Waals surface area contributed by atoms with Gasteiger partial charge in [-0.2, -0.15) is 26.3 Å². The van der Waals surface area contributed by atoms with E-state index in [1.165, 1.54) is 0 Å². The Balaban J connectivity index is 1.46. The van der Waals surface area contributed by atoms with Crippen LogP contribution in [-0.4, -0.2) is 23.3 Å². The fraction of sp³-hybridized carbons (Fsp3) is 0.286. The molecule has 0 aliphatic heterocycles. The quantitative estimate of drug-likeness (QED) is 0.278. The van der Waals surface area contributed by atoms with Crippen molar-refractivity contribution in [3.8, 4) is 5.75 Å². The van der Waals surface area contributed by atoms with Crippen LogP contribution in [0.5, 0.6) is 5.75 Å². The maximum Gasteiger partial charge on any atom is 0.416 e. The molecule has 10 heteroatoms. The smallest absolute Gasteiger partial charge is 0.416 e. The first-order valence-electron chi connectivity index (χ1n) is 11.7. The van der Waals surface area contributed by atoms with E-state index in [0.29, 0.717) is 41.0 Å². The number of ketones is 2. The average molecular weight is 536 g/mol. The van der Waals surface area contributed by atoms with E-state index in [9.17, 15) is 35.9 Å². The number of Topliss-reactive ketones (excluding diaryl/α,β-unsaturated/α-hetero) is 2. The highest BCUT2D eigenvalue weighted by Gasteiger charge is 2.37. The summed E-state index contributed by atoms with van der Waals surface area (Å²) in [5, 5.41) is 8.92. The molecule has 1 aliphatic rings. The van der Waals surface area contributed by atoms with Crippen LogP contribution in [-0.2, 0) is 31.8 Å². The molecule has 0 amide bonds. The molecule has 4 nitrogen and oxygen atoms in total. The molecule has 1 aliphatic carbocycles. The highest BCUT2D eigenvalue weighted by Crippen LogP contribution is 2.38. The van der Waals surface area contributed by atoms with Crippen LogP contribution in [0, 0.1) is 5.92 Å². The topological polar surface area (TPSA) is 63.6 Å². The maximum absolute atomic E-state index is 13.2. The number of halogens is 6. The number of hydrogen-bond acceptors (Lipinski definition) is 4. The second-order valence-corrected chi connectivity index (χ2v) is 9.10. The molecule has 0 heterocycles. The fourth-order valence-electron chi connectivity index (χ4n) is 4.45. The Morgan fingerprint density at radius 2 is 1.50 bits per heavy atom. The summed E-state index contributed by atoms with van der Waals surface area (Å²) in [6.45, 7) is -0.404. The zero-order valence-electron chi connectivity index (χ0n) is 19.8. The van der Waals surface area contributed by atoms with Gasteiger partial charge in [-0.25, -0.2) is 0 Å². The van der Waals surface area contributed by atoms with Crippen LogP contribution in [0.15, 0.2) is 60.7 Å². The molecule has 0 radical (unpaired) electrons. The van der Waals surface area contributed by atoms with Crippen molar-refractivity contribution in [2.45, 2.75) is 38.2 Å². The number of alkyl halides is 6. The minimum absolute atomic E-state index is 0.0754. The van der Waals surface area contributed by atoms with Crippen molar-refractivity contribution in [3.63, 3.8) is 0 Å². The number of rotatable bonds is 7. The van der Waals surface area contributed by atoms with E-state index in [1.807, 2.05) is 0 Å². The molecule has 0 saturated heterocycles. The van der Waals surface area contributed by atoms with Gasteiger partial charge in [-0.15, -0.1) is 0 Å². The molecule has 1 unspecified atom stereocenters. The summed E-state index contributed by atoms with van der Waals surface area (Å²) in [5.41, 5.74) is -0.799. The van der Waals surface area contributed by atoms with Crippen LogP contribution < -0.4 is 4.74 Å². The van der Waals surface area contributed by atoms with Gasteiger partial charge >= 0.3 is 12.4 Å². The number of aryl methyl sites for hydroxylation is 1. The summed E-state index contributed by atoms with van der Waals surface area (Å²) in [5.74, 6) is -1.01. The van der Waals surface area contributed by atoms with Gasteiger partial charge in [-0.3, -0.25) is 9.59 Å². The van der Waals surface area contributed by atoms with Crippen molar-refractivity contribution in [3.05, 3.63) is 99.6 Å². The number of carbonyl (C=O) groups is 2. The Hall–Kier alpha value is -3.66. The first-order valence-corrected chi connectivity index (χ1v) is 11.7. The van der Waals surface area contributed by atoms with Gasteiger partial charge in [0.1, 0.15) is 19.0 Å². The lowest BCUT2D eigenvalue weighted by molar-refractivity contribution is -0.143. The Labute approximate surface area is 213 Å². The monoisotopic (exact) mass is 536 g/mol. The molecule has 4 rings (SSSR count). The Kier molecular flexibility index (Phi) is 7.64. The molecule has 3 aromatic rings. The predicted molar refractivity (Wildman–Crippen MR) is 125 cm³/mol. The molecule has 0 spiro atoms. The number of aliphatic hydroxyl groups excluding tert-OH is 1. The number of carbonyl (C=O) groups excluding carboxylic acids is 2. The largest absolute Gasteiger partial charge is 0.489 e. The van der Waals surface area contributed by atoms with Gasteiger partial charge in [-0.1, -0.05) is 24.3 Å². The predicted octanol–water partition coefficient (Wildman–Crippen LogP) is 6.47. The molecule has 0 saturated carbocycles. The van der Waals surface area contributed by atoms with E-state index in [0.717, 1.165) is 5.56 Å². The van der Waals surface area contributed by atoms with Crippen molar-refractivity contribution >= 4 is 11.6 Å². The third-order valence-electron chi connectivity index (χ3n) is 6.43. The average Bonchev–Trinajstić information content (AvgIpc) is 2.87. The molecular formula is C28H22F6O4. The number of ether oxygens (including phenoxy) is 1. The second kappa shape index (κ2) is 10.6. The first-order chi connectivity index (χ1) is 17.8. The van der Waals surface area contributed by atoms with E-state index in [4.69, 9.17) is 9.84 Å². The standard InChI is InChI=1S/C28H22F6O4/c29-27(30,31)21-10-17(11-22(13-21)28(32,33)34)9-20-6-5-19-12-23(7-8-24(19)26(20)37)38-15-16-1-3-18(4-2-16)25(36)14-35/h1-4,7-8,10-13,20,35H,5-6,9,14-15H2. The minimum atomic E-state index is -4.95. The molecule has 1 N–H and O–H groups in total. The SMILES string of the molecule is O=C(CO)c1ccc(COc2ccc3c(c2)CCC(Cc2cc(C(F)(F)F)cc(C(F)(F)F)c2)C3=O)cc1. The fourth-order valence-corrected chi connectivity index (χ4v) is 4.45. The van der Waals surface area contributed by atoms with Crippen LogP contribution >= 0.6 is 0 Å². The number of benzene rings is 3. The number of fused-ring (bicyclic) bond motifs is 1. The number of hydrogen-bond donors (Lipinski definition) is 1. The third-order valence-corrected chi connectivity index (χ3v) is 6.43. The summed E-state index contributed by atoms with van der Waals surface area (Å²) in [6, 6.07) is 12.8. The normalized spacial score (nSPS) is 15.8. The zero-order valence-corrected chi connectivity index (χ0v) is 19.8. The van der Waals surface area contributed by atoms with E-state index in [1.54, 1.807) is 42.5 Å². The van der Waals surface area contributed by atoms with Gasteiger partial charge in [-0.05, 0) is 72.4 Å². The summed E-state index contributed by atoms with van der Waals surface area (Å²) in [4.78, 5) is 24.6. The van der Waals surface area contributed by atoms with Crippen LogP contribution in [0.4, 0.5) is 26.3 Å². The first kappa shape index (κ1) is 27.4. The van der Waals surface area contributed by atoms with Gasteiger partial charge < -0.3 is 9.84 Å². The van der Waals surface area contributed by atoms with Crippen LogP contribution in [0.2, 0.25) is 0 Å². The molecule has 0 bridgehead atoms. The molecule has 0 aromatic heterocycles. The van der Waals surface area contributed by atoms with E-state index >= 15 is 0 Å². The summed E-state index contributed by atoms with van der Waals surface area (Å²) < 4.78 is 84.9. The van der Waals surface area contributed by atoms with Gasteiger partial charge in [0.15, 0.2) is 11.6 Å². The van der Waals surface area contributed by atoms with Gasteiger partial charge in [0.05, 0.1) is 11.1 Å². The summed E-state index contributed by atoms with van der Waals surface area (Å²) >= 11 is 0. The van der Waals surface area contributed by atoms with Crippen molar-refractivity contribution in [1.82, 2.24) is 0 Å². The lowest BCUT2D eigenvalue weighted by atomic mass is 9.79. The Bertz CT molecular complexity index is 1310. The summed E-state index contributed by atoms with van der Waals surface area (Å²) in [6.07, 6.45) is -9.46. The van der Waals surface area contributed by atoms with Crippen molar-refractivity contribution in [2.75, 3.05) is 6.61 Å². The number of aliphatic hydroxyl groups is 1. The molecule has 3 aromatic carbocycles. The molecule has 0 fully saturated rings. The third kappa shape index (κ3) is 6.24. The molecular weight excluding hydrogens is 514 g/mol. The van der Waals surface area contributed by atoms with Crippen molar-refractivity contribution in [1.29, 1.82) is 0 Å². The van der Waals surface area contributed by atoms with Crippen LogP contribution in [0.3, 0.4) is 0 Å². The minimum Gasteiger partial charge on any atom is -0.489 e. The maximum atomic E-state index is 13.2. The zero-order chi connectivity index (χ0) is 27.7. The van der Waals surface area contributed by atoms with E-state index in [-0.39, 0.29) is 36.9 Å². The summed E-state index contributed by atoms with van der Waals surface area (Å²) in [7, 11) is 0.